The number of carbonyl (C=O) groups is 1. The van der Waals surface area contributed by atoms with Crippen molar-refractivity contribution >= 4 is 31.7 Å². The number of hydrogen-bond acceptors (Lipinski definition) is 4. The summed E-state index contributed by atoms with van der Waals surface area (Å²) in [5.41, 5.74) is 0. The predicted octanol–water partition coefficient (Wildman–Crippen LogP) is 3.32. The lowest BCUT2D eigenvalue weighted by atomic mass is 10.5. The first-order chi connectivity index (χ1) is 7.97. The van der Waals surface area contributed by atoms with Gasteiger partial charge in [-0.05, 0) is 58.3 Å². The Morgan fingerprint density at radius 2 is 1.33 bits per heavy atom. The standard InChI is InChI=1S/C11H28O4Si3/c1-16(2,3)14-18(7,15-17(4,5)6)10-8-9-13-11-12/h11H,8-10H2,1-7H3. The van der Waals surface area contributed by atoms with Crippen LogP contribution in [0, 0.1) is 0 Å². The van der Waals surface area contributed by atoms with Gasteiger partial charge in [0.1, 0.15) is 0 Å². The van der Waals surface area contributed by atoms with Gasteiger partial charge in [0.25, 0.3) is 6.47 Å². The van der Waals surface area contributed by atoms with E-state index in [0.717, 1.165) is 12.5 Å². The topological polar surface area (TPSA) is 44.8 Å². The molecule has 0 unspecified atom stereocenters. The van der Waals surface area contributed by atoms with E-state index in [0.29, 0.717) is 13.1 Å². The summed E-state index contributed by atoms with van der Waals surface area (Å²) >= 11 is 0. The molecule has 0 saturated carbocycles. The summed E-state index contributed by atoms with van der Waals surface area (Å²) in [6, 6.07) is 0.884. The monoisotopic (exact) mass is 308 g/mol. The molecule has 0 atom stereocenters. The second-order valence-corrected chi connectivity index (χ2v) is 19.5. The number of rotatable bonds is 9. The van der Waals surface area contributed by atoms with E-state index >= 15 is 0 Å². The van der Waals surface area contributed by atoms with Crippen molar-refractivity contribution in [1.82, 2.24) is 0 Å². The Labute approximate surface area is 115 Å². The molecule has 0 aromatic heterocycles. The highest BCUT2D eigenvalue weighted by Crippen LogP contribution is 2.25. The van der Waals surface area contributed by atoms with Gasteiger partial charge in [0.15, 0.2) is 16.6 Å². The van der Waals surface area contributed by atoms with Gasteiger partial charge in [0, 0.05) is 0 Å². The molecule has 108 valence electrons. The molecule has 0 N–H and O–H groups in total. The molecule has 0 bridgehead atoms. The van der Waals surface area contributed by atoms with Gasteiger partial charge < -0.3 is 13.0 Å². The van der Waals surface area contributed by atoms with Crippen LogP contribution >= 0.6 is 0 Å². The molecule has 0 fully saturated rings. The minimum Gasteiger partial charge on any atom is -0.468 e. The lowest BCUT2D eigenvalue weighted by Crippen LogP contribution is -2.52. The number of carbonyl (C=O) groups excluding carboxylic acids is 1. The maximum Gasteiger partial charge on any atom is 0.314 e. The Balaban J connectivity index is 4.54. The molecular weight excluding hydrogens is 280 g/mol. The summed E-state index contributed by atoms with van der Waals surface area (Å²) < 4.78 is 17.4. The third kappa shape index (κ3) is 10.0. The summed E-state index contributed by atoms with van der Waals surface area (Å²) in [6.45, 7) is 16.2. The van der Waals surface area contributed by atoms with Gasteiger partial charge in [-0.1, -0.05) is 0 Å². The van der Waals surface area contributed by atoms with Gasteiger partial charge in [-0.2, -0.15) is 0 Å². The molecule has 0 aromatic rings. The van der Waals surface area contributed by atoms with E-state index in [1.54, 1.807) is 0 Å². The largest absolute Gasteiger partial charge is 0.468 e. The SMILES string of the molecule is C[Si](C)(C)O[Si](C)(CCCOC=O)O[Si](C)(C)C. The van der Waals surface area contributed by atoms with E-state index < -0.39 is 25.2 Å². The Bertz CT molecular complexity index is 242. The maximum atomic E-state index is 10.1. The third-order valence-electron chi connectivity index (χ3n) is 2.01. The highest BCUT2D eigenvalue weighted by Gasteiger charge is 2.39. The van der Waals surface area contributed by atoms with Crippen molar-refractivity contribution in [2.24, 2.45) is 0 Å². The average molecular weight is 309 g/mol. The second-order valence-electron chi connectivity index (χ2n) is 6.63. The first-order valence-corrected chi connectivity index (χ1v) is 15.8. The molecule has 0 aliphatic heterocycles. The Kier molecular flexibility index (Phi) is 7.01. The third-order valence-corrected chi connectivity index (χ3v) is 11.6. The van der Waals surface area contributed by atoms with Crippen LogP contribution in [0.2, 0.25) is 51.9 Å². The van der Waals surface area contributed by atoms with Crippen LogP contribution in [-0.2, 0) is 17.8 Å². The van der Waals surface area contributed by atoms with Crippen LogP contribution in [0.4, 0.5) is 0 Å². The van der Waals surface area contributed by atoms with Gasteiger partial charge in [-0.15, -0.1) is 0 Å². The first kappa shape index (κ1) is 18.0. The molecule has 0 heterocycles. The molecule has 7 heteroatoms. The Morgan fingerprint density at radius 1 is 0.889 bits per heavy atom. The molecule has 0 aliphatic rings. The fourth-order valence-electron chi connectivity index (χ4n) is 1.94. The summed E-state index contributed by atoms with van der Waals surface area (Å²) in [6.07, 6.45) is 0.816. The summed E-state index contributed by atoms with van der Waals surface area (Å²) in [5.74, 6) is 0. The maximum absolute atomic E-state index is 10.1. The van der Waals surface area contributed by atoms with Crippen LogP contribution in [-0.4, -0.2) is 38.3 Å². The zero-order valence-electron chi connectivity index (χ0n) is 12.8. The summed E-state index contributed by atoms with van der Waals surface area (Å²) in [5, 5.41) is 0. The van der Waals surface area contributed by atoms with Crippen LogP contribution in [0.15, 0.2) is 0 Å². The van der Waals surface area contributed by atoms with Crippen molar-refractivity contribution in [3.05, 3.63) is 0 Å². The van der Waals surface area contributed by atoms with Crippen molar-refractivity contribution in [2.75, 3.05) is 6.61 Å². The van der Waals surface area contributed by atoms with Crippen molar-refractivity contribution < 1.29 is 17.8 Å². The van der Waals surface area contributed by atoms with E-state index in [1.807, 2.05) is 0 Å². The van der Waals surface area contributed by atoms with Crippen LogP contribution in [0.5, 0.6) is 0 Å². The molecule has 0 aromatic carbocycles. The van der Waals surface area contributed by atoms with Crippen molar-refractivity contribution in [1.29, 1.82) is 0 Å². The van der Waals surface area contributed by atoms with Gasteiger partial charge in [0.2, 0.25) is 0 Å². The van der Waals surface area contributed by atoms with Gasteiger partial charge in [-0.3, -0.25) is 4.79 Å². The quantitative estimate of drug-likeness (QED) is 0.372. The molecule has 0 amide bonds. The lowest BCUT2D eigenvalue weighted by molar-refractivity contribution is -0.128. The van der Waals surface area contributed by atoms with E-state index in [9.17, 15) is 4.79 Å². The average Bonchev–Trinajstić information content (AvgIpc) is 2.05. The van der Waals surface area contributed by atoms with Crippen molar-refractivity contribution in [3.8, 4) is 0 Å². The van der Waals surface area contributed by atoms with E-state index in [-0.39, 0.29) is 0 Å². The summed E-state index contributed by atoms with van der Waals surface area (Å²) in [7, 11) is -5.37. The molecule has 0 spiro atoms. The van der Waals surface area contributed by atoms with Crippen LogP contribution in [0.3, 0.4) is 0 Å². The molecule has 18 heavy (non-hydrogen) atoms. The van der Waals surface area contributed by atoms with Gasteiger partial charge in [-0.25, -0.2) is 0 Å². The van der Waals surface area contributed by atoms with Crippen LogP contribution in [0.25, 0.3) is 0 Å². The second kappa shape index (κ2) is 6.99. The first-order valence-electron chi connectivity index (χ1n) is 6.43. The Hall–Kier alpha value is 0.0406. The van der Waals surface area contributed by atoms with Crippen LogP contribution < -0.4 is 0 Å². The highest BCUT2D eigenvalue weighted by atomic mass is 28.5. The zero-order chi connectivity index (χ0) is 14.4. The van der Waals surface area contributed by atoms with E-state index in [2.05, 4.69) is 45.8 Å². The molecular formula is C11H28O4Si3. The fourth-order valence-corrected chi connectivity index (χ4v) is 14.5. The smallest absolute Gasteiger partial charge is 0.314 e. The van der Waals surface area contributed by atoms with E-state index in [4.69, 9.17) is 13.0 Å². The molecule has 4 nitrogen and oxygen atoms in total. The minimum absolute atomic E-state index is 0.455. The molecule has 0 rings (SSSR count). The minimum atomic E-state index is -2.14. The molecule has 0 saturated heterocycles. The number of ether oxygens (including phenoxy) is 1. The zero-order valence-corrected chi connectivity index (χ0v) is 15.8. The fraction of sp³-hybridized carbons (Fsp3) is 0.909. The normalized spacial score (nSPS) is 13.5. The molecule has 0 radical (unpaired) electrons. The molecule has 0 aliphatic carbocycles. The van der Waals surface area contributed by atoms with E-state index in [1.165, 1.54) is 0 Å². The van der Waals surface area contributed by atoms with Gasteiger partial charge in [0.05, 0.1) is 6.61 Å². The summed E-state index contributed by atoms with van der Waals surface area (Å²) in [4.78, 5) is 10.1. The number of hydrogen-bond donors (Lipinski definition) is 0. The highest BCUT2D eigenvalue weighted by molar-refractivity contribution is 6.87. The van der Waals surface area contributed by atoms with Crippen molar-refractivity contribution in [2.45, 2.75) is 58.3 Å². The lowest BCUT2D eigenvalue weighted by Gasteiger charge is -2.38. The van der Waals surface area contributed by atoms with Crippen LogP contribution in [0.1, 0.15) is 6.42 Å². The predicted molar refractivity (Wildman–Crippen MR) is 81.9 cm³/mol. The van der Waals surface area contributed by atoms with Gasteiger partial charge >= 0.3 is 8.56 Å². The van der Waals surface area contributed by atoms with Crippen molar-refractivity contribution in [3.63, 3.8) is 0 Å². The Morgan fingerprint density at radius 3 is 1.67 bits per heavy atom.